The summed E-state index contributed by atoms with van der Waals surface area (Å²) in [5, 5.41) is 4.38. The summed E-state index contributed by atoms with van der Waals surface area (Å²) >= 11 is 0. The Bertz CT molecular complexity index is 1070. The van der Waals surface area contributed by atoms with E-state index in [1.807, 2.05) is 18.2 Å². The molecule has 2 heterocycles. The van der Waals surface area contributed by atoms with Gasteiger partial charge >= 0.3 is 0 Å². The van der Waals surface area contributed by atoms with Crippen molar-refractivity contribution in [3.05, 3.63) is 53.2 Å². The van der Waals surface area contributed by atoms with Crippen molar-refractivity contribution < 1.29 is 19.0 Å². The number of hydrogen-bond acceptors (Lipinski definition) is 4. The Morgan fingerprint density at radius 2 is 1.97 bits per heavy atom. The Morgan fingerprint density at radius 3 is 2.83 bits per heavy atom. The summed E-state index contributed by atoms with van der Waals surface area (Å²) in [5.74, 6) is 2.08. The maximum absolute atomic E-state index is 13.0. The van der Waals surface area contributed by atoms with Crippen LogP contribution in [0.1, 0.15) is 46.9 Å². The topological polar surface area (TPSA) is 72.6 Å². The van der Waals surface area contributed by atoms with Crippen LogP contribution in [0.15, 0.2) is 36.4 Å². The number of methoxy groups -OCH3 is 1. The Balaban J connectivity index is 1.42. The van der Waals surface area contributed by atoms with Gasteiger partial charge in [0, 0.05) is 28.6 Å². The number of ether oxygens (including phenoxy) is 3. The van der Waals surface area contributed by atoms with E-state index < -0.39 is 0 Å². The van der Waals surface area contributed by atoms with Gasteiger partial charge in [-0.2, -0.15) is 0 Å². The van der Waals surface area contributed by atoms with Crippen molar-refractivity contribution in [3.63, 3.8) is 0 Å². The number of aryl methyl sites for hydroxylation is 1. The number of H-pyrrole nitrogens is 1. The SMILES string of the molecule is COc1ccc2[nH]c3c(c2c1)CCC[C@H]3NC(=O)c1ccc2c(c1)OCCCO2. The van der Waals surface area contributed by atoms with Gasteiger partial charge in [-0.1, -0.05) is 0 Å². The van der Waals surface area contributed by atoms with Crippen molar-refractivity contribution in [3.8, 4) is 17.2 Å². The maximum atomic E-state index is 13.0. The average molecular weight is 392 g/mol. The molecule has 3 aromatic rings. The van der Waals surface area contributed by atoms with Crippen LogP contribution in [-0.2, 0) is 6.42 Å². The Hall–Kier alpha value is -3.15. The Morgan fingerprint density at radius 1 is 1.10 bits per heavy atom. The van der Waals surface area contributed by atoms with E-state index >= 15 is 0 Å². The molecule has 1 aliphatic heterocycles. The second-order valence-electron chi connectivity index (χ2n) is 7.56. The van der Waals surface area contributed by atoms with Gasteiger partial charge in [-0.25, -0.2) is 0 Å². The highest BCUT2D eigenvalue weighted by atomic mass is 16.5. The fourth-order valence-electron chi connectivity index (χ4n) is 4.26. The molecule has 1 aliphatic carbocycles. The fourth-order valence-corrected chi connectivity index (χ4v) is 4.26. The molecule has 0 spiro atoms. The van der Waals surface area contributed by atoms with E-state index in [-0.39, 0.29) is 11.9 Å². The van der Waals surface area contributed by atoms with E-state index in [1.54, 1.807) is 19.2 Å². The number of benzene rings is 2. The number of aromatic nitrogens is 1. The van der Waals surface area contributed by atoms with E-state index in [1.165, 1.54) is 10.9 Å². The lowest BCUT2D eigenvalue weighted by molar-refractivity contribution is 0.0931. The molecule has 1 atom stereocenters. The Kier molecular flexibility index (Phi) is 4.54. The first kappa shape index (κ1) is 17.9. The third-order valence-corrected chi connectivity index (χ3v) is 5.73. The summed E-state index contributed by atoms with van der Waals surface area (Å²) in [7, 11) is 1.68. The van der Waals surface area contributed by atoms with Gasteiger partial charge in [-0.3, -0.25) is 4.79 Å². The summed E-state index contributed by atoms with van der Waals surface area (Å²) in [5.41, 5.74) is 4.03. The number of aromatic amines is 1. The second-order valence-corrected chi connectivity index (χ2v) is 7.56. The van der Waals surface area contributed by atoms with Crippen molar-refractivity contribution >= 4 is 16.8 Å². The van der Waals surface area contributed by atoms with E-state index in [9.17, 15) is 4.79 Å². The van der Waals surface area contributed by atoms with Crippen LogP contribution in [0.3, 0.4) is 0 Å². The molecule has 6 nitrogen and oxygen atoms in total. The molecule has 0 fully saturated rings. The number of carbonyl (C=O) groups is 1. The van der Waals surface area contributed by atoms with Crippen LogP contribution in [0, 0.1) is 0 Å². The molecule has 0 unspecified atom stereocenters. The van der Waals surface area contributed by atoms with Crippen LogP contribution >= 0.6 is 0 Å². The molecule has 29 heavy (non-hydrogen) atoms. The highest BCUT2D eigenvalue weighted by molar-refractivity contribution is 5.95. The van der Waals surface area contributed by atoms with Gasteiger partial charge in [0.25, 0.3) is 5.91 Å². The lowest BCUT2D eigenvalue weighted by Crippen LogP contribution is -2.31. The minimum Gasteiger partial charge on any atom is -0.497 e. The van der Waals surface area contributed by atoms with Crippen LogP contribution < -0.4 is 19.5 Å². The average Bonchev–Trinajstić information content (AvgIpc) is 2.96. The summed E-state index contributed by atoms with van der Waals surface area (Å²) in [6.45, 7) is 1.23. The zero-order valence-electron chi connectivity index (χ0n) is 16.4. The normalized spacial score (nSPS) is 18.0. The molecule has 0 saturated heterocycles. The van der Waals surface area contributed by atoms with Crippen molar-refractivity contribution in [1.82, 2.24) is 10.3 Å². The molecule has 0 bridgehead atoms. The van der Waals surface area contributed by atoms with E-state index in [0.29, 0.717) is 30.3 Å². The number of rotatable bonds is 3. The quantitative estimate of drug-likeness (QED) is 0.703. The van der Waals surface area contributed by atoms with Crippen molar-refractivity contribution in [1.29, 1.82) is 0 Å². The van der Waals surface area contributed by atoms with Crippen LogP contribution in [0.4, 0.5) is 0 Å². The minimum absolute atomic E-state index is 0.0411. The minimum atomic E-state index is -0.102. The molecule has 0 radical (unpaired) electrons. The monoisotopic (exact) mass is 392 g/mol. The first-order valence-corrected chi connectivity index (χ1v) is 10.1. The lowest BCUT2D eigenvalue weighted by atomic mass is 9.91. The van der Waals surface area contributed by atoms with E-state index in [2.05, 4.69) is 16.4 Å². The number of fused-ring (bicyclic) bond motifs is 4. The van der Waals surface area contributed by atoms with E-state index in [0.717, 1.165) is 42.6 Å². The van der Waals surface area contributed by atoms with Gasteiger partial charge in [0.05, 0.1) is 26.4 Å². The number of nitrogens with one attached hydrogen (secondary N) is 2. The molecule has 5 rings (SSSR count). The highest BCUT2D eigenvalue weighted by Crippen LogP contribution is 2.36. The molecule has 2 N–H and O–H groups in total. The van der Waals surface area contributed by atoms with Gasteiger partial charge in [-0.05, 0) is 61.2 Å². The summed E-state index contributed by atoms with van der Waals surface area (Å²) in [6.07, 6.45) is 3.78. The van der Waals surface area contributed by atoms with Crippen molar-refractivity contribution in [2.24, 2.45) is 0 Å². The number of hydrogen-bond donors (Lipinski definition) is 2. The maximum Gasteiger partial charge on any atom is 0.251 e. The van der Waals surface area contributed by atoms with Crippen LogP contribution in [-0.4, -0.2) is 31.2 Å². The molecular weight excluding hydrogens is 368 g/mol. The van der Waals surface area contributed by atoms with Gasteiger partial charge in [0.2, 0.25) is 0 Å². The largest absolute Gasteiger partial charge is 0.497 e. The molecule has 2 aliphatic rings. The first-order valence-electron chi connectivity index (χ1n) is 10.1. The van der Waals surface area contributed by atoms with Crippen molar-refractivity contribution in [2.45, 2.75) is 31.7 Å². The third kappa shape index (κ3) is 3.28. The lowest BCUT2D eigenvalue weighted by Gasteiger charge is -2.24. The standard InChI is InChI=1S/C23H24N2O4/c1-27-15-7-8-18-17(13-15)16-4-2-5-19(22(16)24-18)25-23(26)14-6-9-20-21(12-14)29-11-3-10-28-20/h6-9,12-13,19,24H,2-5,10-11H2,1H3,(H,25,26)/t19-/m1/s1. The predicted octanol–water partition coefficient (Wildman–Crippen LogP) is 4.15. The van der Waals surface area contributed by atoms with Gasteiger partial charge < -0.3 is 24.5 Å². The van der Waals surface area contributed by atoms with Crippen LogP contribution in [0.25, 0.3) is 10.9 Å². The predicted molar refractivity (Wildman–Crippen MR) is 110 cm³/mol. The third-order valence-electron chi connectivity index (χ3n) is 5.73. The van der Waals surface area contributed by atoms with Crippen LogP contribution in [0.2, 0.25) is 0 Å². The first-order chi connectivity index (χ1) is 14.2. The molecule has 1 amide bonds. The molecule has 150 valence electrons. The van der Waals surface area contributed by atoms with E-state index in [4.69, 9.17) is 14.2 Å². The van der Waals surface area contributed by atoms with Crippen LogP contribution in [0.5, 0.6) is 17.2 Å². The zero-order chi connectivity index (χ0) is 19.8. The highest BCUT2D eigenvalue weighted by Gasteiger charge is 2.26. The second kappa shape index (κ2) is 7.35. The van der Waals surface area contributed by atoms with Crippen molar-refractivity contribution in [2.75, 3.05) is 20.3 Å². The molecule has 1 aromatic heterocycles. The number of amides is 1. The summed E-state index contributed by atoms with van der Waals surface area (Å²) in [6, 6.07) is 11.4. The number of carbonyl (C=O) groups excluding carboxylic acids is 1. The van der Waals surface area contributed by atoms with Gasteiger partial charge in [0.1, 0.15) is 5.75 Å². The molecular formula is C23H24N2O4. The molecule has 6 heteroatoms. The zero-order valence-corrected chi connectivity index (χ0v) is 16.4. The Labute approximate surface area is 169 Å². The summed E-state index contributed by atoms with van der Waals surface area (Å²) in [4.78, 5) is 16.5. The fraction of sp³-hybridized carbons (Fsp3) is 0.348. The van der Waals surface area contributed by atoms with Gasteiger partial charge in [-0.15, -0.1) is 0 Å². The molecule has 2 aromatic carbocycles. The smallest absolute Gasteiger partial charge is 0.251 e. The summed E-state index contributed by atoms with van der Waals surface area (Å²) < 4.78 is 16.8. The molecule has 0 saturated carbocycles. The van der Waals surface area contributed by atoms with Gasteiger partial charge in [0.15, 0.2) is 11.5 Å².